The molecule has 86 valence electrons. The highest BCUT2D eigenvalue weighted by atomic mass is 35.5. The normalized spacial score (nSPS) is 14.9. The first-order valence-corrected chi connectivity index (χ1v) is 6.15. The Balaban J connectivity index is 2.26. The van der Waals surface area contributed by atoms with Crippen molar-refractivity contribution in [3.8, 4) is 0 Å². The van der Waals surface area contributed by atoms with Gasteiger partial charge in [-0.2, -0.15) is 0 Å². The van der Waals surface area contributed by atoms with Gasteiger partial charge >= 0.3 is 0 Å². The molecular weight excluding hydrogens is 222 g/mol. The molecule has 0 heterocycles. The van der Waals surface area contributed by atoms with Gasteiger partial charge in [0, 0.05) is 18.2 Å². The molecule has 1 aliphatic carbocycles. The molecule has 1 aliphatic rings. The molecule has 0 atom stereocenters. The van der Waals surface area contributed by atoms with Gasteiger partial charge in [-0.15, -0.1) is 0 Å². The van der Waals surface area contributed by atoms with Gasteiger partial charge in [-0.25, -0.2) is 0 Å². The number of carbonyl (C=O) groups is 1. The molecule has 0 aromatic heterocycles. The van der Waals surface area contributed by atoms with Crippen LogP contribution in [0.1, 0.15) is 36.5 Å². The summed E-state index contributed by atoms with van der Waals surface area (Å²) in [4.78, 5) is 13.0. The maximum atomic E-state index is 10.6. The van der Waals surface area contributed by atoms with Crippen molar-refractivity contribution in [1.82, 2.24) is 0 Å². The monoisotopic (exact) mass is 237 g/mol. The third-order valence-electron chi connectivity index (χ3n) is 2.87. The van der Waals surface area contributed by atoms with Crippen LogP contribution >= 0.6 is 11.6 Å². The van der Waals surface area contributed by atoms with E-state index < -0.39 is 0 Å². The van der Waals surface area contributed by atoms with Gasteiger partial charge in [0.25, 0.3) is 0 Å². The summed E-state index contributed by atoms with van der Waals surface area (Å²) < 4.78 is 0. The molecule has 3 heteroatoms. The Bertz CT molecular complexity index is 388. The van der Waals surface area contributed by atoms with Crippen molar-refractivity contribution in [2.75, 3.05) is 11.4 Å². The van der Waals surface area contributed by atoms with E-state index in [1.54, 1.807) is 6.07 Å². The molecule has 0 N–H and O–H groups in total. The number of hydrogen-bond acceptors (Lipinski definition) is 2. The van der Waals surface area contributed by atoms with E-state index in [4.69, 9.17) is 11.6 Å². The standard InChI is InChI=1S/C13H16ClNO/c1-2-7-15(11-4-5-11)13-6-3-10(9-16)8-12(13)14/h3,6,8-9,11H,2,4-5,7H2,1H3. The van der Waals surface area contributed by atoms with Crippen LogP contribution in [0, 0.1) is 0 Å². The van der Waals surface area contributed by atoms with Crippen LogP contribution in [-0.2, 0) is 0 Å². The average molecular weight is 238 g/mol. The number of nitrogens with zero attached hydrogens (tertiary/aromatic N) is 1. The summed E-state index contributed by atoms with van der Waals surface area (Å²) >= 11 is 6.21. The number of anilines is 1. The fourth-order valence-electron chi connectivity index (χ4n) is 1.96. The van der Waals surface area contributed by atoms with Crippen molar-refractivity contribution in [2.45, 2.75) is 32.2 Å². The van der Waals surface area contributed by atoms with Crippen LogP contribution in [-0.4, -0.2) is 18.9 Å². The maximum absolute atomic E-state index is 10.6. The lowest BCUT2D eigenvalue weighted by Gasteiger charge is -2.25. The van der Waals surface area contributed by atoms with Crippen molar-refractivity contribution in [1.29, 1.82) is 0 Å². The summed E-state index contributed by atoms with van der Waals surface area (Å²) in [5, 5.41) is 0.685. The van der Waals surface area contributed by atoms with E-state index in [1.807, 2.05) is 12.1 Å². The van der Waals surface area contributed by atoms with Crippen molar-refractivity contribution >= 4 is 23.6 Å². The Hall–Kier alpha value is -1.02. The molecule has 1 aromatic carbocycles. The molecule has 0 spiro atoms. The van der Waals surface area contributed by atoms with E-state index in [2.05, 4.69) is 11.8 Å². The van der Waals surface area contributed by atoms with Gasteiger partial charge in [-0.3, -0.25) is 4.79 Å². The number of benzene rings is 1. The Morgan fingerprint density at radius 3 is 2.75 bits per heavy atom. The molecular formula is C13H16ClNO. The summed E-state index contributed by atoms with van der Waals surface area (Å²) in [6, 6.07) is 6.19. The molecule has 0 saturated heterocycles. The van der Waals surface area contributed by atoms with E-state index in [-0.39, 0.29) is 0 Å². The second-order valence-electron chi connectivity index (χ2n) is 4.25. The lowest BCUT2D eigenvalue weighted by Crippen LogP contribution is -2.26. The Morgan fingerprint density at radius 1 is 1.50 bits per heavy atom. The Labute approximate surface area is 101 Å². The number of carbonyl (C=O) groups excluding carboxylic acids is 1. The van der Waals surface area contributed by atoms with Crippen LogP contribution in [0.15, 0.2) is 18.2 Å². The third-order valence-corrected chi connectivity index (χ3v) is 3.17. The van der Waals surface area contributed by atoms with Crippen molar-refractivity contribution < 1.29 is 4.79 Å². The zero-order chi connectivity index (χ0) is 11.5. The molecule has 0 unspecified atom stereocenters. The van der Waals surface area contributed by atoms with Gasteiger partial charge in [-0.1, -0.05) is 18.5 Å². The average Bonchev–Trinajstić information content (AvgIpc) is 3.10. The zero-order valence-electron chi connectivity index (χ0n) is 9.45. The minimum absolute atomic E-state index is 0.640. The highest BCUT2D eigenvalue weighted by Gasteiger charge is 2.29. The van der Waals surface area contributed by atoms with Crippen LogP contribution in [0.3, 0.4) is 0 Å². The highest BCUT2D eigenvalue weighted by molar-refractivity contribution is 6.33. The molecule has 1 saturated carbocycles. The van der Waals surface area contributed by atoms with Crippen LogP contribution in [0.2, 0.25) is 5.02 Å². The Kier molecular flexibility index (Phi) is 3.49. The molecule has 16 heavy (non-hydrogen) atoms. The summed E-state index contributed by atoms with van der Waals surface area (Å²) in [5.41, 5.74) is 1.71. The molecule has 0 bridgehead atoms. The first-order chi connectivity index (χ1) is 7.76. The fourth-order valence-corrected chi connectivity index (χ4v) is 2.25. The number of halogens is 1. The van der Waals surface area contributed by atoms with Crippen LogP contribution in [0.5, 0.6) is 0 Å². The third kappa shape index (κ3) is 2.38. The van der Waals surface area contributed by atoms with Gasteiger partial charge in [0.2, 0.25) is 0 Å². The first kappa shape index (κ1) is 11.5. The van der Waals surface area contributed by atoms with E-state index >= 15 is 0 Å². The summed E-state index contributed by atoms with van der Waals surface area (Å²) in [7, 11) is 0. The predicted molar refractivity (Wildman–Crippen MR) is 67.5 cm³/mol. The summed E-state index contributed by atoms with van der Waals surface area (Å²) in [6.07, 6.45) is 4.46. The SMILES string of the molecule is CCCN(c1ccc(C=O)cc1Cl)C1CC1. The minimum Gasteiger partial charge on any atom is -0.367 e. The predicted octanol–water partition coefficient (Wildman–Crippen LogP) is 3.53. The molecule has 0 radical (unpaired) electrons. The largest absolute Gasteiger partial charge is 0.367 e. The number of aldehydes is 1. The smallest absolute Gasteiger partial charge is 0.150 e. The van der Waals surface area contributed by atoms with Crippen LogP contribution < -0.4 is 4.90 Å². The van der Waals surface area contributed by atoms with E-state index in [9.17, 15) is 4.79 Å². The van der Waals surface area contributed by atoms with Gasteiger partial charge in [0.1, 0.15) is 6.29 Å². The van der Waals surface area contributed by atoms with E-state index in [0.29, 0.717) is 16.6 Å². The van der Waals surface area contributed by atoms with Crippen LogP contribution in [0.4, 0.5) is 5.69 Å². The van der Waals surface area contributed by atoms with Gasteiger partial charge in [-0.05, 0) is 37.5 Å². The molecule has 1 aromatic rings. The van der Waals surface area contributed by atoms with E-state index in [0.717, 1.165) is 24.9 Å². The van der Waals surface area contributed by atoms with Crippen molar-refractivity contribution in [3.63, 3.8) is 0 Å². The second-order valence-corrected chi connectivity index (χ2v) is 4.66. The summed E-state index contributed by atoms with van der Waals surface area (Å²) in [5.74, 6) is 0. The van der Waals surface area contributed by atoms with Gasteiger partial charge in [0.15, 0.2) is 0 Å². The summed E-state index contributed by atoms with van der Waals surface area (Å²) in [6.45, 7) is 3.20. The van der Waals surface area contributed by atoms with Gasteiger partial charge < -0.3 is 4.90 Å². The maximum Gasteiger partial charge on any atom is 0.150 e. The van der Waals surface area contributed by atoms with E-state index in [1.165, 1.54) is 12.8 Å². The second kappa shape index (κ2) is 4.88. The molecule has 0 amide bonds. The Morgan fingerprint density at radius 2 is 2.25 bits per heavy atom. The molecule has 2 rings (SSSR count). The number of hydrogen-bond donors (Lipinski definition) is 0. The molecule has 1 fully saturated rings. The van der Waals surface area contributed by atoms with Crippen LogP contribution in [0.25, 0.3) is 0 Å². The van der Waals surface area contributed by atoms with Crippen molar-refractivity contribution in [3.05, 3.63) is 28.8 Å². The lowest BCUT2D eigenvalue weighted by molar-refractivity contribution is 0.112. The molecule has 2 nitrogen and oxygen atoms in total. The zero-order valence-corrected chi connectivity index (χ0v) is 10.2. The van der Waals surface area contributed by atoms with Crippen molar-refractivity contribution in [2.24, 2.45) is 0 Å². The topological polar surface area (TPSA) is 20.3 Å². The highest BCUT2D eigenvalue weighted by Crippen LogP contribution is 2.35. The minimum atomic E-state index is 0.640. The number of rotatable bonds is 5. The first-order valence-electron chi connectivity index (χ1n) is 5.77. The van der Waals surface area contributed by atoms with Gasteiger partial charge in [0.05, 0.1) is 10.7 Å². The quantitative estimate of drug-likeness (QED) is 0.731. The molecule has 0 aliphatic heterocycles. The lowest BCUT2D eigenvalue weighted by atomic mass is 10.2. The fraction of sp³-hybridized carbons (Fsp3) is 0.462.